The molecule has 0 aromatic carbocycles. The molecule has 0 saturated carbocycles. The van der Waals surface area contributed by atoms with Gasteiger partial charge in [0.15, 0.2) is 5.96 Å². The van der Waals surface area contributed by atoms with Crippen molar-refractivity contribution < 1.29 is 86.9 Å². The highest BCUT2D eigenvalue weighted by molar-refractivity contribution is 6.01. The van der Waals surface area contributed by atoms with Crippen molar-refractivity contribution in [2.75, 3.05) is 13.1 Å². The second-order valence-electron chi connectivity index (χ2n) is 19.5. The zero-order chi connectivity index (χ0) is 62.7. The highest BCUT2D eigenvalue weighted by Gasteiger charge is 2.41. The number of nitrogens with zero attached hydrogens (tertiary/aromatic N) is 1. The van der Waals surface area contributed by atoms with Gasteiger partial charge >= 0.3 is 11.9 Å². The van der Waals surface area contributed by atoms with E-state index in [1.807, 2.05) is 0 Å². The molecule has 10 atom stereocenters. The molecule has 0 aromatic heterocycles. The van der Waals surface area contributed by atoms with Crippen LogP contribution >= 0.6 is 0 Å². The number of carbonyl (C=O) groups is 16. The van der Waals surface area contributed by atoms with Gasteiger partial charge < -0.3 is 103 Å². The molecule has 26 N–H and O–H groups in total. The summed E-state index contributed by atoms with van der Waals surface area (Å²) in [6.45, 7) is 4.36. The summed E-state index contributed by atoms with van der Waals surface area (Å²) in [5.74, 6) is -19.3. The molecule has 1 rings (SSSR count). The number of hydrogen-bond acceptors (Lipinski definition) is 18. The number of amides is 14. The molecule has 0 bridgehead atoms. The van der Waals surface area contributed by atoms with E-state index in [0.717, 1.165) is 11.8 Å². The number of likely N-dealkylation sites (tertiary alicyclic amines) is 1. The van der Waals surface area contributed by atoms with Gasteiger partial charge in [0.05, 0.1) is 31.7 Å². The van der Waals surface area contributed by atoms with Crippen LogP contribution in [0.4, 0.5) is 0 Å². The highest BCUT2D eigenvalue weighted by atomic mass is 16.4. The number of nitrogens with two attached hydrogens (primary N) is 7. The Morgan fingerprint density at radius 2 is 0.951 bits per heavy atom. The minimum absolute atomic E-state index is 0.0596. The summed E-state index contributed by atoms with van der Waals surface area (Å²) in [4.78, 5) is 206. The second-order valence-corrected chi connectivity index (χ2v) is 19.5. The summed E-state index contributed by atoms with van der Waals surface area (Å²) in [7, 11) is 0. The van der Waals surface area contributed by atoms with Crippen LogP contribution in [0.3, 0.4) is 0 Å². The normalized spacial score (nSPS) is 16.0. The zero-order valence-corrected chi connectivity index (χ0v) is 45.4. The fourth-order valence-corrected chi connectivity index (χ4v) is 7.93. The van der Waals surface area contributed by atoms with E-state index >= 15 is 0 Å². The number of carbonyl (C=O) groups excluding carboxylic acids is 14. The number of nitrogens with one attached hydrogen (secondary N) is 10. The van der Waals surface area contributed by atoms with Crippen LogP contribution in [0.2, 0.25) is 0 Å². The lowest BCUT2D eigenvalue weighted by atomic mass is 10.0. The Morgan fingerprint density at radius 1 is 0.512 bits per heavy atom. The first-order valence-corrected chi connectivity index (χ1v) is 25.6. The molecule has 0 unspecified atom stereocenters. The topological polar surface area (TPSA) is 631 Å². The van der Waals surface area contributed by atoms with Crippen molar-refractivity contribution in [2.45, 2.75) is 165 Å². The number of aliphatic carboxylic acids is 2. The maximum Gasteiger partial charge on any atom is 0.326 e. The van der Waals surface area contributed by atoms with Gasteiger partial charge in [-0.2, -0.15) is 0 Å². The standard InChI is InChI=1S/C46H76N18O18/c1-19(2)14-25(40(76)58-23(9-11-35(70)71)44(80)64-13-5-7-29(64)43(79)59-24(45(81)82)6-4-12-55-46(53)54)62-38(74)22(8-10-30(48)65)57-41(77)27(17-33(51)68)60-36(72)20(3)56-39(75)26(16-32(50)67)63-42(78)28(18-34(52)69)61-37(73)21(47)15-31(49)66/h19-29H,4-18,47H2,1-3H3,(H2,48,65)(H2,49,66)(H2,50,67)(H2,51,68)(H2,52,69)(H,56,75)(H,57,77)(H,58,76)(H,59,79)(H,60,72)(H,61,73)(H,62,74)(H,63,78)(H,70,71)(H,81,82)(H4,53,54,55)/t20-,21-,22-,23-,24-,25-,26-,27-,28-,29-/m0/s1. The number of primary amides is 5. The van der Waals surface area contributed by atoms with Crippen LogP contribution < -0.4 is 88.0 Å². The Kier molecular flexibility index (Phi) is 29.9. The fraction of sp³-hybridized carbons (Fsp3) is 0.630. The first-order chi connectivity index (χ1) is 38.1. The number of carboxylic acids is 2. The molecule has 458 valence electrons. The third-order valence-electron chi connectivity index (χ3n) is 12.0. The van der Waals surface area contributed by atoms with Gasteiger partial charge in [0.2, 0.25) is 82.7 Å². The van der Waals surface area contributed by atoms with Crippen LogP contribution in [0.25, 0.3) is 0 Å². The Hall–Kier alpha value is -9.25. The lowest BCUT2D eigenvalue weighted by Crippen LogP contribution is -2.61. The predicted molar refractivity (Wildman–Crippen MR) is 281 cm³/mol. The molecular formula is C46H76N18O18. The van der Waals surface area contributed by atoms with Crippen LogP contribution in [-0.4, -0.2) is 189 Å². The summed E-state index contributed by atoms with van der Waals surface area (Å²) in [6, 6.07) is -16.7. The number of hydrogen-bond donors (Lipinski definition) is 19. The maximum atomic E-state index is 14.1. The van der Waals surface area contributed by atoms with E-state index in [4.69, 9.17) is 45.5 Å². The van der Waals surface area contributed by atoms with Crippen molar-refractivity contribution in [2.24, 2.45) is 46.1 Å². The Bertz CT molecular complexity index is 2430. The van der Waals surface area contributed by atoms with Crippen molar-refractivity contribution in [3.05, 3.63) is 0 Å². The van der Waals surface area contributed by atoms with Crippen molar-refractivity contribution in [3.63, 3.8) is 0 Å². The SMILES string of the molecule is CC(C)C[C@H](NC(=O)[C@H](CCC(N)=O)NC(=O)[C@H](CC(N)=O)NC(=O)[C@H](C)NC(=O)[C@H](CC(N)=O)NC(=O)[C@H](CC(N)=O)NC(=O)[C@@H](N)CC(N)=O)C(=O)N[C@@H](CCC(=O)O)C(=O)N1CCC[C@H]1C(=O)N[C@@H](CCCNC(=N)N)C(=O)O. The Balaban J connectivity index is 3.42. The molecule has 0 radical (unpaired) electrons. The summed E-state index contributed by atoms with van der Waals surface area (Å²) >= 11 is 0. The van der Waals surface area contributed by atoms with E-state index in [1.165, 1.54) is 0 Å². The molecule has 82 heavy (non-hydrogen) atoms. The smallest absolute Gasteiger partial charge is 0.326 e. The lowest BCUT2D eigenvalue weighted by Gasteiger charge is -2.31. The number of carboxylic acid groups (broad SMARTS) is 2. The van der Waals surface area contributed by atoms with E-state index in [2.05, 4.69) is 47.9 Å². The molecule has 0 spiro atoms. The van der Waals surface area contributed by atoms with Gasteiger partial charge in [-0.05, 0) is 57.8 Å². The van der Waals surface area contributed by atoms with E-state index in [1.54, 1.807) is 13.8 Å². The van der Waals surface area contributed by atoms with E-state index < -0.39 is 212 Å². The first-order valence-electron chi connectivity index (χ1n) is 25.6. The van der Waals surface area contributed by atoms with E-state index in [9.17, 15) is 86.9 Å². The van der Waals surface area contributed by atoms with Gasteiger partial charge in [-0.3, -0.25) is 77.3 Å². The molecule has 1 aliphatic rings. The zero-order valence-electron chi connectivity index (χ0n) is 45.4. The number of guanidine groups is 1. The third-order valence-corrected chi connectivity index (χ3v) is 12.0. The van der Waals surface area contributed by atoms with Crippen LogP contribution in [0.5, 0.6) is 0 Å². The molecule has 36 heteroatoms. The minimum atomic E-state index is -1.95. The molecular weight excluding hydrogens is 1090 g/mol. The summed E-state index contributed by atoms with van der Waals surface area (Å²) in [5, 5.41) is 47.0. The van der Waals surface area contributed by atoms with Gasteiger partial charge in [-0.15, -0.1) is 0 Å². The summed E-state index contributed by atoms with van der Waals surface area (Å²) in [5.41, 5.74) is 37.1. The second kappa shape index (κ2) is 34.7. The van der Waals surface area contributed by atoms with Crippen molar-refractivity contribution in [1.82, 2.24) is 52.8 Å². The summed E-state index contributed by atoms with van der Waals surface area (Å²) in [6.07, 6.45) is -5.62. The molecule has 1 heterocycles. The molecule has 0 aliphatic carbocycles. The monoisotopic (exact) mass is 1170 g/mol. The Morgan fingerprint density at radius 3 is 1.43 bits per heavy atom. The Labute approximate surface area is 468 Å². The largest absolute Gasteiger partial charge is 0.481 e. The van der Waals surface area contributed by atoms with Gasteiger partial charge in [0.1, 0.15) is 54.4 Å². The lowest BCUT2D eigenvalue weighted by molar-refractivity contribution is -0.145. The molecule has 0 aromatic rings. The van der Waals surface area contributed by atoms with Gasteiger partial charge in [0, 0.05) is 25.9 Å². The van der Waals surface area contributed by atoms with Crippen LogP contribution in [0, 0.1) is 11.3 Å². The van der Waals surface area contributed by atoms with Crippen LogP contribution in [0.1, 0.15) is 104 Å². The summed E-state index contributed by atoms with van der Waals surface area (Å²) < 4.78 is 0. The molecule has 14 amide bonds. The molecule has 1 aliphatic heterocycles. The van der Waals surface area contributed by atoms with Crippen LogP contribution in [-0.2, 0) is 76.7 Å². The highest BCUT2D eigenvalue weighted by Crippen LogP contribution is 2.21. The maximum absolute atomic E-state index is 14.1. The van der Waals surface area contributed by atoms with Crippen molar-refractivity contribution >= 4 is 101 Å². The van der Waals surface area contributed by atoms with Crippen molar-refractivity contribution in [1.29, 1.82) is 5.41 Å². The first kappa shape index (κ1) is 70.8. The minimum Gasteiger partial charge on any atom is -0.481 e. The van der Waals surface area contributed by atoms with Crippen molar-refractivity contribution in [3.8, 4) is 0 Å². The predicted octanol–water partition coefficient (Wildman–Crippen LogP) is -9.77. The fourth-order valence-electron chi connectivity index (χ4n) is 7.93. The molecule has 1 saturated heterocycles. The quantitative estimate of drug-likeness (QED) is 0.0155. The molecule has 1 fully saturated rings. The average molecular weight is 1170 g/mol. The van der Waals surface area contributed by atoms with E-state index in [-0.39, 0.29) is 51.2 Å². The molecule has 36 nitrogen and oxygen atoms in total. The average Bonchev–Trinajstić information content (AvgIpc) is 3.86. The third kappa shape index (κ3) is 26.6. The van der Waals surface area contributed by atoms with E-state index in [0.29, 0.717) is 0 Å². The number of rotatable bonds is 38. The van der Waals surface area contributed by atoms with Gasteiger partial charge in [0.25, 0.3) is 0 Å². The van der Waals surface area contributed by atoms with Gasteiger partial charge in [-0.1, -0.05) is 13.8 Å². The van der Waals surface area contributed by atoms with Crippen LogP contribution in [0.15, 0.2) is 0 Å². The van der Waals surface area contributed by atoms with Gasteiger partial charge in [-0.25, -0.2) is 4.79 Å².